The molecule has 5 heteroatoms. The van der Waals surface area contributed by atoms with Crippen LogP contribution in [0.25, 0.3) is 0 Å². The summed E-state index contributed by atoms with van der Waals surface area (Å²) in [5.41, 5.74) is 0.767. The molecule has 2 aromatic rings. The van der Waals surface area contributed by atoms with E-state index >= 15 is 0 Å². The molecule has 0 saturated carbocycles. The Balaban J connectivity index is 2.23. The van der Waals surface area contributed by atoms with Gasteiger partial charge in [-0.3, -0.25) is 0 Å². The van der Waals surface area contributed by atoms with E-state index in [4.69, 9.17) is 9.47 Å². The highest BCUT2D eigenvalue weighted by molar-refractivity contribution is 9.10. The van der Waals surface area contributed by atoms with E-state index < -0.39 is 6.10 Å². The van der Waals surface area contributed by atoms with Gasteiger partial charge in [-0.1, -0.05) is 0 Å². The molecule has 0 aliphatic heterocycles. The summed E-state index contributed by atoms with van der Waals surface area (Å²) in [5, 5.41) is 12.4. The quantitative estimate of drug-likeness (QED) is 0.897. The molecule has 1 N–H and O–H groups in total. The number of halogens is 1. The molecule has 3 nitrogen and oxygen atoms in total. The molecule has 0 radical (unpaired) electrons. The highest BCUT2D eigenvalue weighted by Crippen LogP contribution is 2.33. The van der Waals surface area contributed by atoms with E-state index in [2.05, 4.69) is 15.9 Å². The Morgan fingerprint density at radius 2 is 2.05 bits per heavy atom. The second kappa shape index (κ2) is 6.41. The van der Waals surface area contributed by atoms with Gasteiger partial charge in [-0.05, 0) is 39.5 Å². The first-order valence-electron chi connectivity index (χ1n) is 5.77. The van der Waals surface area contributed by atoms with Gasteiger partial charge in [0.25, 0.3) is 0 Å². The van der Waals surface area contributed by atoms with Crippen LogP contribution in [0.2, 0.25) is 0 Å². The molecule has 1 aromatic carbocycles. The van der Waals surface area contributed by atoms with E-state index in [1.54, 1.807) is 31.6 Å². The maximum atomic E-state index is 10.4. The van der Waals surface area contributed by atoms with Gasteiger partial charge in [-0.15, -0.1) is 11.3 Å². The van der Waals surface area contributed by atoms with E-state index in [0.717, 1.165) is 14.9 Å². The van der Waals surface area contributed by atoms with Gasteiger partial charge in [0.2, 0.25) is 0 Å². The zero-order chi connectivity index (χ0) is 13.8. The summed E-state index contributed by atoms with van der Waals surface area (Å²) < 4.78 is 11.5. The second-order valence-electron chi connectivity index (χ2n) is 4.02. The maximum absolute atomic E-state index is 10.4. The number of aliphatic hydroxyl groups excluding tert-OH is 1. The van der Waals surface area contributed by atoms with E-state index in [0.29, 0.717) is 17.9 Å². The van der Waals surface area contributed by atoms with Crippen molar-refractivity contribution in [3.63, 3.8) is 0 Å². The number of benzene rings is 1. The Morgan fingerprint density at radius 1 is 1.26 bits per heavy atom. The number of aliphatic hydroxyl groups is 1. The molecule has 0 amide bonds. The third-order valence-corrected chi connectivity index (χ3v) is 4.82. The van der Waals surface area contributed by atoms with Crippen molar-refractivity contribution < 1.29 is 14.6 Å². The molecule has 0 aliphatic rings. The van der Waals surface area contributed by atoms with Gasteiger partial charge >= 0.3 is 0 Å². The van der Waals surface area contributed by atoms with Gasteiger partial charge in [0, 0.05) is 27.4 Å². The third kappa shape index (κ3) is 3.29. The van der Waals surface area contributed by atoms with Crippen LogP contribution in [-0.2, 0) is 6.42 Å². The highest BCUT2D eigenvalue weighted by Gasteiger charge is 2.16. The van der Waals surface area contributed by atoms with Crippen molar-refractivity contribution in [1.82, 2.24) is 0 Å². The summed E-state index contributed by atoms with van der Waals surface area (Å²) in [6.45, 7) is 0. The van der Waals surface area contributed by atoms with Crippen LogP contribution in [0.5, 0.6) is 11.5 Å². The Morgan fingerprint density at radius 3 is 2.63 bits per heavy atom. The van der Waals surface area contributed by atoms with Crippen molar-refractivity contribution in [2.24, 2.45) is 0 Å². The Labute approximate surface area is 124 Å². The number of hydrogen-bond acceptors (Lipinski definition) is 4. The van der Waals surface area contributed by atoms with E-state index in [-0.39, 0.29) is 0 Å². The van der Waals surface area contributed by atoms with E-state index in [1.807, 2.05) is 23.6 Å². The van der Waals surface area contributed by atoms with Crippen LogP contribution in [0.1, 0.15) is 16.5 Å². The van der Waals surface area contributed by atoms with Crippen LogP contribution in [0.4, 0.5) is 0 Å². The average Bonchev–Trinajstić information content (AvgIpc) is 2.83. The summed E-state index contributed by atoms with van der Waals surface area (Å²) in [4.78, 5) is 1.12. The lowest BCUT2D eigenvalue weighted by molar-refractivity contribution is 0.174. The summed E-state index contributed by atoms with van der Waals surface area (Å²) >= 11 is 5.10. The third-order valence-electron chi connectivity index (χ3n) is 2.87. The molecular formula is C14H15BrO3S. The minimum Gasteiger partial charge on any atom is -0.497 e. The zero-order valence-corrected chi connectivity index (χ0v) is 13.1. The molecule has 0 fully saturated rings. The molecule has 1 atom stereocenters. The number of rotatable bonds is 5. The first-order valence-corrected chi connectivity index (χ1v) is 7.44. The lowest BCUT2D eigenvalue weighted by atomic mass is 10.0. The second-order valence-corrected chi connectivity index (χ2v) is 5.87. The largest absolute Gasteiger partial charge is 0.497 e. The van der Waals surface area contributed by atoms with Crippen LogP contribution in [0.15, 0.2) is 34.1 Å². The molecule has 1 heterocycles. The summed E-state index contributed by atoms with van der Waals surface area (Å²) in [6, 6.07) is 7.42. The van der Waals surface area contributed by atoms with Gasteiger partial charge < -0.3 is 14.6 Å². The van der Waals surface area contributed by atoms with E-state index in [1.165, 1.54) is 0 Å². The molecular weight excluding hydrogens is 328 g/mol. The SMILES string of the molecule is COc1ccc(C(O)Cc2sccc2Br)c(OC)c1. The fourth-order valence-corrected chi connectivity index (χ4v) is 3.40. The van der Waals surface area contributed by atoms with Crippen molar-refractivity contribution >= 4 is 27.3 Å². The topological polar surface area (TPSA) is 38.7 Å². The highest BCUT2D eigenvalue weighted by atomic mass is 79.9. The van der Waals surface area contributed by atoms with Gasteiger partial charge in [0.05, 0.1) is 20.3 Å². The Bertz CT molecular complexity index is 553. The van der Waals surface area contributed by atoms with Crippen molar-refractivity contribution in [3.8, 4) is 11.5 Å². The van der Waals surface area contributed by atoms with Crippen molar-refractivity contribution in [3.05, 3.63) is 44.6 Å². The van der Waals surface area contributed by atoms with Crippen LogP contribution in [0, 0.1) is 0 Å². The number of methoxy groups -OCH3 is 2. The predicted molar refractivity (Wildman–Crippen MR) is 80.2 cm³/mol. The van der Waals surface area contributed by atoms with Gasteiger partial charge in [-0.2, -0.15) is 0 Å². The first-order chi connectivity index (χ1) is 9.15. The molecule has 0 spiro atoms. The lowest BCUT2D eigenvalue weighted by Gasteiger charge is -2.15. The summed E-state index contributed by atoms with van der Waals surface area (Å²) in [5.74, 6) is 1.35. The van der Waals surface area contributed by atoms with Crippen LogP contribution in [0.3, 0.4) is 0 Å². The van der Waals surface area contributed by atoms with Gasteiger partial charge in [-0.25, -0.2) is 0 Å². The van der Waals surface area contributed by atoms with E-state index in [9.17, 15) is 5.11 Å². The van der Waals surface area contributed by atoms with Gasteiger partial charge in [0.15, 0.2) is 0 Å². The Hall–Kier alpha value is -1.04. The normalized spacial score (nSPS) is 12.2. The Kier molecular flexibility index (Phi) is 4.85. The molecule has 19 heavy (non-hydrogen) atoms. The average molecular weight is 343 g/mol. The van der Waals surface area contributed by atoms with Crippen LogP contribution in [-0.4, -0.2) is 19.3 Å². The summed E-state index contributed by atoms with van der Waals surface area (Å²) in [6.07, 6.45) is -0.0446. The molecule has 0 saturated heterocycles. The minimum absolute atomic E-state index is 0.556. The van der Waals surface area contributed by atoms with Crippen LogP contribution >= 0.6 is 27.3 Å². The first kappa shape index (κ1) is 14.4. The molecule has 1 unspecified atom stereocenters. The smallest absolute Gasteiger partial charge is 0.128 e. The number of thiophene rings is 1. The van der Waals surface area contributed by atoms with Gasteiger partial charge in [0.1, 0.15) is 11.5 Å². The molecule has 0 bridgehead atoms. The molecule has 102 valence electrons. The molecule has 1 aromatic heterocycles. The van der Waals surface area contributed by atoms with Crippen molar-refractivity contribution in [1.29, 1.82) is 0 Å². The fourth-order valence-electron chi connectivity index (χ4n) is 1.85. The standard InChI is InChI=1S/C14H15BrO3S/c1-17-9-3-4-10(13(7-9)18-2)12(16)8-14-11(15)5-6-19-14/h3-7,12,16H,8H2,1-2H3. The minimum atomic E-state index is -0.601. The zero-order valence-electron chi connectivity index (χ0n) is 10.7. The molecule has 0 aliphatic carbocycles. The number of hydrogen-bond donors (Lipinski definition) is 1. The number of ether oxygens (including phenoxy) is 2. The predicted octanol–water partition coefficient (Wildman–Crippen LogP) is 3.80. The van der Waals surface area contributed by atoms with Crippen molar-refractivity contribution in [2.45, 2.75) is 12.5 Å². The van der Waals surface area contributed by atoms with Crippen LogP contribution < -0.4 is 9.47 Å². The summed E-state index contributed by atoms with van der Waals surface area (Å²) in [7, 11) is 3.19. The molecule has 2 rings (SSSR count). The fraction of sp³-hybridized carbons (Fsp3) is 0.286. The lowest BCUT2D eigenvalue weighted by Crippen LogP contribution is -2.03. The maximum Gasteiger partial charge on any atom is 0.128 e. The van der Waals surface area contributed by atoms with Crippen molar-refractivity contribution in [2.75, 3.05) is 14.2 Å². The monoisotopic (exact) mass is 342 g/mol.